The summed E-state index contributed by atoms with van der Waals surface area (Å²) in [7, 11) is 0. The summed E-state index contributed by atoms with van der Waals surface area (Å²) in [6, 6.07) is 8.59. The minimum atomic E-state index is 0.511. The normalized spacial score (nSPS) is 13.7. The quantitative estimate of drug-likeness (QED) is 0.741. The van der Waals surface area contributed by atoms with Crippen molar-refractivity contribution in [1.82, 2.24) is 14.8 Å². The first-order valence-electron chi connectivity index (χ1n) is 7.95. The van der Waals surface area contributed by atoms with Crippen LogP contribution in [0, 0.1) is 20.8 Å². The molecule has 0 bridgehead atoms. The number of fused-ring (bicyclic) bond motifs is 1. The molecule has 0 spiro atoms. The molecule has 0 N–H and O–H groups in total. The van der Waals surface area contributed by atoms with E-state index < -0.39 is 0 Å². The van der Waals surface area contributed by atoms with E-state index in [-0.39, 0.29) is 0 Å². The lowest BCUT2D eigenvalue weighted by molar-refractivity contribution is 0.700. The Morgan fingerprint density at radius 1 is 1.12 bits per heavy atom. The topological polar surface area (TPSA) is 67.8 Å². The predicted molar refractivity (Wildman–Crippen MR) is 93.5 cm³/mol. The van der Waals surface area contributed by atoms with Crippen molar-refractivity contribution < 1.29 is 0 Å². The Morgan fingerprint density at radius 3 is 2.79 bits per heavy atom. The fourth-order valence-electron chi connectivity index (χ4n) is 2.99. The van der Waals surface area contributed by atoms with Crippen LogP contribution in [0.3, 0.4) is 0 Å². The Kier molecular flexibility index (Phi) is 3.45. The minimum Gasteiger partial charge on any atom is -0.258 e. The van der Waals surface area contributed by atoms with Gasteiger partial charge in [0.05, 0.1) is 23.5 Å². The van der Waals surface area contributed by atoms with Crippen LogP contribution in [0.2, 0.25) is 0 Å². The van der Waals surface area contributed by atoms with E-state index in [1.807, 2.05) is 17.8 Å². The summed E-state index contributed by atoms with van der Waals surface area (Å²) in [5.41, 5.74) is 8.47. The molecule has 0 unspecified atom stereocenters. The lowest BCUT2D eigenvalue weighted by Gasteiger charge is -2.09. The Balaban J connectivity index is 1.79. The van der Waals surface area contributed by atoms with Gasteiger partial charge in [-0.15, -0.1) is 5.10 Å². The van der Waals surface area contributed by atoms with E-state index in [2.05, 4.69) is 58.5 Å². The summed E-state index contributed by atoms with van der Waals surface area (Å²) >= 11 is 0. The molecule has 3 aromatic rings. The SMILES string of the molecule is Cc1ccc(C)c(Cn2nc(C)c3ncc(C4=NN=NC4)cc32)c1. The van der Waals surface area contributed by atoms with Crippen molar-refractivity contribution in [3.05, 3.63) is 58.4 Å². The van der Waals surface area contributed by atoms with Crippen LogP contribution < -0.4 is 0 Å². The molecule has 6 heteroatoms. The van der Waals surface area contributed by atoms with Crippen molar-refractivity contribution in [3.63, 3.8) is 0 Å². The van der Waals surface area contributed by atoms with Gasteiger partial charge in [0.2, 0.25) is 0 Å². The molecule has 0 amide bonds. The zero-order valence-corrected chi connectivity index (χ0v) is 14.0. The maximum Gasteiger partial charge on any atom is 0.111 e. The number of rotatable bonds is 3. The van der Waals surface area contributed by atoms with E-state index in [4.69, 9.17) is 5.10 Å². The first kappa shape index (κ1) is 14.7. The zero-order valence-electron chi connectivity index (χ0n) is 14.0. The van der Waals surface area contributed by atoms with Gasteiger partial charge in [0.1, 0.15) is 12.1 Å². The fourth-order valence-corrected chi connectivity index (χ4v) is 2.99. The van der Waals surface area contributed by atoms with Crippen molar-refractivity contribution >= 4 is 16.7 Å². The molecule has 3 heterocycles. The van der Waals surface area contributed by atoms with Gasteiger partial charge in [0.25, 0.3) is 0 Å². The van der Waals surface area contributed by atoms with E-state index in [9.17, 15) is 0 Å². The smallest absolute Gasteiger partial charge is 0.111 e. The maximum absolute atomic E-state index is 4.69. The summed E-state index contributed by atoms with van der Waals surface area (Å²) in [6.45, 7) is 7.47. The lowest BCUT2D eigenvalue weighted by Crippen LogP contribution is -2.06. The van der Waals surface area contributed by atoms with Crippen LogP contribution in [0.25, 0.3) is 11.0 Å². The second-order valence-electron chi connectivity index (χ2n) is 6.20. The molecule has 0 atom stereocenters. The molecule has 1 aromatic carbocycles. The molecule has 0 saturated heterocycles. The van der Waals surface area contributed by atoms with Gasteiger partial charge in [-0.05, 0) is 43.2 Å². The maximum atomic E-state index is 4.69. The molecule has 0 saturated carbocycles. The third-order valence-corrected chi connectivity index (χ3v) is 4.37. The number of benzene rings is 1. The first-order chi connectivity index (χ1) is 11.6. The highest BCUT2D eigenvalue weighted by Crippen LogP contribution is 2.21. The van der Waals surface area contributed by atoms with Gasteiger partial charge >= 0.3 is 0 Å². The largest absolute Gasteiger partial charge is 0.258 e. The minimum absolute atomic E-state index is 0.511. The lowest BCUT2D eigenvalue weighted by atomic mass is 10.1. The van der Waals surface area contributed by atoms with E-state index in [1.165, 1.54) is 16.7 Å². The molecule has 4 rings (SSSR count). The number of hydrogen-bond donors (Lipinski definition) is 0. The van der Waals surface area contributed by atoms with E-state index >= 15 is 0 Å². The van der Waals surface area contributed by atoms with Crippen LogP contribution in [0.4, 0.5) is 0 Å². The number of aryl methyl sites for hydroxylation is 3. The molecule has 120 valence electrons. The number of hydrogen-bond acceptors (Lipinski definition) is 5. The molecular weight excluding hydrogens is 300 g/mol. The Morgan fingerprint density at radius 2 is 2.00 bits per heavy atom. The summed E-state index contributed by atoms with van der Waals surface area (Å²) in [6.07, 6.45) is 1.83. The first-order valence-corrected chi connectivity index (χ1v) is 7.95. The number of aromatic nitrogens is 3. The second-order valence-corrected chi connectivity index (χ2v) is 6.20. The van der Waals surface area contributed by atoms with Gasteiger partial charge in [-0.3, -0.25) is 9.67 Å². The van der Waals surface area contributed by atoms with Gasteiger partial charge in [-0.1, -0.05) is 23.8 Å². The number of pyridine rings is 1. The van der Waals surface area contributed by atoms with Crippen LogP contribution in [0.5, 0.6) is 0 Å². The van der Waals surface area contributed by atoms with Crippen molar-refractivity contribution in [1.29, 1.82) is 0 Å². The van der Waals surface area contributed by atoms with E-state index in [1.54, 1.807) is 0 Å². The Labute approximate surface area is 139 Å². The standard InChI is InChI=1S/C18H18N6/c1-11-4-5-12(2)15(6-11)10-24-17-7-14(16-9-20-23-21-16)8-19-18(17)13(3)22-24/h4-8H,9-10H2,1-3H3. The molecule has 0 fully saturated rings. The molecule has 1 aliphatic heterocycles. The molecule has 24 heavy (non-hydrogen) atoms. The summed E-state index contributed by atoms with van der Waals surface area (Å²) in [5.74, 6) is 0. The summed E-state index contributed by atoms with van der Waals surface area (Å²) < 4.78 is 2.02. The molecule has 2 aromatic heterocycles. The predicted octanol–water partition coefficient (Wildman–Crippen LogP) is 3.57. The monoisotopic (exact) mass is 318 g/mol. The average molecular weight is 318 g/mol. The summed E-state index contributed by atoms with van der Waals surface area (Å²) in [4.78, 5) is 4.58. The van der Waals surface area contributed by atoms with Crippen molar-refractivity contribution in [2.75, 3.05) is 6.54 Å². The molecular formula is C18H18N6. The summed E-state index contributed by atoms with van der Waals surface area (Å²) in [5, 5.41) is 16.4. The molecule has 6 nitrogen and oxygen atoms in total. The van der Waals surface area contributed by atoms with Gasteiger partial charge in [-0.2, -0.15) is 10.2 Å². The van der Waals surface area contributed by atoms with Crippen LogP contribution in [-0.2, 0) is 6.54 Å². The Bertz CT molecular complexity index is 996. The second kappa shape index (κ2) is 5.63. The van der Waals surface area contributed by atoms with Gasteiger partial charge in [0.15, 0.2) is 0 Å². The van der Waals surface area contributed by atoms with E-state index in [0.717, 1.165) is 34.5 Å². The highest BCUT2D eigenvalue weighted by Gasteiger charge is 2.14. The van der Waals surface area contributed by atoms with Crippen LogP contribution >= 0.6 is 0 Å². The molecule has 1 aliphatic rings. The van der Waals surface area contributed by atoms with Gasteiger partial charge in [-0.25, -0.2) is 0 Å². The average Bonchev–Trinajstić information content (AvgIpc) is 3.20. The third-order valence-electron chi connectivity index (χ3n) is 4.37. The van der Waals surface area contributed by atoms with Gasteiger partial charge in [0, 0.05) is 11.8 Å². The highest BCUT2D eigenvalue weighted by atomic mass is 15.4. The van der Waals surface area contributed by atoms with Crippen molar-refractivity contribution in [3.8, 4) is 0 Å². The van der Waals surface area contributed by atoms with Gasteiger partial charge < -0.3 is 0 Å². The van der Waals surface area contributed by atoms with Crippen molar-refractivity contribution in [2.24, 2.45) is 15.4 Å². The fraction of sp³-hybridized carbons (Fsp3) is 0.278. The van der Waals surface area contributed by atoms with Crippen LogP contribution in [-0.4, -0.2) is 27.0 Å². The number of nitrogens with zero attached hydrogens (tertiary/aromatic N) is 6. The van der Waals surface area contributed by atoms with Crippen molar-refractivity contribution in [2.45, 2.75) is 27.3 Å². The van der Waals surface area contributed by atoms with Crippen LogP contribution in [0.15, 0.2) is 45.9 Å². The Hall–Kier alpha value is -2.89. The molecule has 0 aliphatic carbocycles. The highest BCUT2D eigenvalue weighted by molar-refractivity contribution is 6.04. The third kappa shape index (κ3) is 2.50. The van der Waals surface area contributed by atoms with E-state index in [0.29, 0.717) is 6.54 Å². The zero-order chi connectivity index (χ0) is 16.7. The van der Waals surface area contributed by atoms with Crippen LogP contribution in [0.1, 0.15) is 27.9 Å². The molecule has 0 radical (unpaired) electrons.